The quantitative estimate of drug-likeness (QED) is 0.839. The monoisotopic (exact) mass is 321 g/mol. The zero-order chi connectivity index (χ0) is 15.3. The number of fused-ring (bicyclic) bond motifs is 1. The van der Waals surface area contributed by atoms with E-state index >= 15 is 0 Å². The Kier molecular flexibility index (Phi) is 3.26. The summed E-state index contributed by atoms with van der Waals surface area (Å²) in [5.74, 6) is 0. The molecule has 1 aliphatic carbocycles. The summed E-state index contributed by atoms with van der Waals surface area (Å²) in [5, 5.41) is 1.38. The van der Waals surface area contributed by atoms with E-state index in [1.807, 2.05) is 31.2 Å². The second-order valence-corrected chi connectivity index (χ2v) is 8.29. The van der Waals surface area contributed by atoms with Crippen molar-refractivity contribution in [2.45, 2.75) is 25.0 Å². The molecule has 0 aliphatic heterocycles. The number of hydrogen-bond donors (Lipinski definition) is 0. The van der Waals surface area contributed by atoms with Gasteiger partial charge in [-0.2, -0.15) is 0 Å². The van der Waals surface area contributed by atoms with Gasteiger partial charge in [-0.25, -0.2) is 12.4 Å². The van der Waals surface area contributed by atoms with Crippen molar-refractivity contribution in [1.29, 1.82) is 0 Å². The standard InChI is InChI=1S/C16H16ClNO2S/c1-12-5-3-6-13-8-10-18(15(12)13)21(19,20)16(2)9-4-7-14(17)11-16/h3-8,10-11H,9H2,1-2H3. The molecule has 1 unspecified atom stereocenters. The highest BCUT2D eigenvalue weighted by molar-refractivity contribution is 7.91. The Hall–Kier alpha value is -1.52. The number of halogens is 1. The smallest absolute Gasteiger partial charge is 0.244 e. The van der Waals surface area contributed by atoms with Crippen molar-refractivity contribution in [3.63, 3.8) is 0 Å². The first-order valence-corrected chi connectivity index (χ1v) is 8.54. The highest BCUT2D eigenvalue weighted by Crippen LogP contribution is 2.34. The maximum atomic E-state index is 13.1. The van der Waals surface area contributed by atoms with Crippen LogP contribution in [-0.2, 0) is 10.0 Å². The van der Waals surface area contributed by atoms with Crippen LogP contribution in [0.25, 0.3) is 10.9 Å². The predicted octanol–water partition coefficient (Wildman–Crippen LogP) is 3.97. The molecule has 1 atom stereocenters. The van der Waals surface area contributed by atoms with E-state index in [0.29, 0.717) is 11.5 Å². The van der Waals surface area contributed by atoms with E-state index < -0.39 is 14.8 Å². The van der Waals surface area contributed by atoms with Gasteiger partial charge in [0.25, 0.3) is 0 Å². The van der Waals surface area contributed by atoms with E-state index in [0.717, 1.165) is 16.5 Å². The molecule has 0 saturated heterocycles. The molecule has 1 aromatic carbocycles. The first kappa shape index (κ1) is 14.4. The van der Waals surface area contributed by atoms with Gasteiger partial charge in [-0.3, -0.25) is 0 Å². The van der Waals surface area contributed by atoms with Crippen molar-refractivity contribution in [2.75, 3.05) is 0 Å². The summed E-state index contributed by atoms with van der Waals surface area (Å²) in [4.78, 5) is 0. The third kappa shape index (κ3) is 2.14. The minimum atomic E-state index is -3.60. The molecule has 0 fully saturated rings. The van der Waals surface area contributed by atoms with Crippen molar-refractivity contribution < 1.29 is 8.42 Å². The van der Waals surface area contributed by atoms with Gasteiger partial charge in [0.2, 0.25) is 10.0 Å². The van der Waals surface area contributed by atoms with Crippen LogP contribution >= 0.6 is 11.6 Å². The number of nitrogens with zero attached hydrogens (tertiary/aromatic N) is 1. The first-order valence-electron chi connectivity index (χ1n) is 6.72. The van der Waals surface area contributed by atoms with Crippen LogP contribution in [0.15, 0.2) is 53.7 Å². The van der Waals surface area contributed by atoms with Gasteiger partial charge in [-0.15, -0.1) is 0 Å². The molecular formula is C16H16ClNO2S. The molecule has 110 valence electrons. The van der Waals surface area contributed by atoms with E-state index in [1.165, 1.54) is 3.97 Å². The number of aromatic nitrogens is 1. The van der Waals surface area contributed by atoms with Crippen LogP contribution in [-0.4, -0.2) is 17.1 Å². The minimum Gasteiger partial charge on any atom is -0.244 e. The second-order valence-electron chi connectivity index (χ2n) is 5.58. The fourth-order valence-electron chi connectivity index (χ4n) is 2.75. The van der Waals surface area contributed by atoms with Crippen LogP contribution in [0.3, 0.4) is 0 Å². The zero-order valence-electron chi connectivity index (χ0n) is 11.9. The molecule has 0 saturated carbocycles. The van der Waals surface area contributed by atoms with Gasteiger partial charge in [-0.05, 0) is 44.1 Å². The summed E-state index contributed by atoms with van der Waals surface area (Å²) in [5.41, 5.74) is 1.67. The largest absolute Gasteiger partial charge is 0.248 e. The summed E-state index contributed by atoms with van der Waals surface area (Å²) in [7, 11) is -3.60. The normalized spacial score (nSPS) is 22.5. The number of rotatable bonds is 2. The molecule has 3 nitrogen and oxygen atoms in total. The van der Waals surface area contributed by atoms with Crippen molar-refractivity contribution in [3.8, 4) is 0 Å². The molecule has 21 heavy (non-hydrogen) atoms. The highest BCUT2D eigenvalue weighted by Gasteiger charge is 2.39. The lowest BCUT2D eigenvalue weighted by atomic mass is 10.0. The number of para-hydroxylation sites is 1. The van der Waals surface area contributed by atoms with Crippen LogP contribution in [0.4, 0.5) is 0 Å². The zero-order valence-corrected chi connectivity index (χ0v) is 13.4. The van der Waals surface area contributed by atoms with Gasteiger partial charge in [-0.1, -0.05) is 35.9 Å². The van der Waals surface area contributed by atoms with Crippen LogP contribution in [0.1, 0.15) is 18.9 Å². The summed E-state index contributed by atoms with van der Waals surface area (Å²) in [6.07, 6.45) is 7.19. The van der Waals surface area contributed by atoms with E-state index in [2.05, 4.69) is 0 Å². The molecule has 0 bridgehead atoms. The van der Waals surface area contributed by atoms with Crippen molar-refractivity contribution in [1.82, 2.24) is 3.97 Å². The van der Waals surface area contributed by atoms with Crippen LogP contribution in [0.2, 0.25) is 0 Å². The molecule has 1 aliphatic rings. The van der Waals surface area contributed by atoms with Gasteiger partial charge in [0.1, 0.15) is 4.75 Å². The maximum absolute atomic E-state index is 13.1. The SMILES string of the molecule is Cc1cccc2ccn(S(=O)(=O)C3(C)C=C(Cl)C=CC3)c12. The van der Waals surface area contributed by atoms with Crippen LogP contribution < -0.4 is 0 Å². The van der Waals surface area contributed by atoms with E-state index in [9.17, 15) is 8.42 Å². The molecule has 0 amide bonds. The fourth-order valence-corrected chi connectivity index (χ4v) is 4.89. The predicted molar refractivity (Wildman–Crippen MR) is 87.1 cm³/mol. The van der Waals surface area contributed by atoms with Gasteiger partial charge in [0.05, 0.1) is 5.52 Å². The molecule has 1 heterocycles. The average molecular weight is 322 g/mol. The highest BCUT2D eigenvalue weighted by atomic mass is 35.5. The Labute approximate surface area is 129 Å². The molecule has 0 spiro atoms. The van der Waals surface area contributed by atoms with E-state index in [1.54, 1.807) is 31.3 Å². The Bertz CT molecular complexity index is 877. The third-order valence-electron chi connectivity index (χ3n) is 3.97. The summed E-state index contributed by atoms with van der Waals surface area (Å²) in [6.45, 7) is 3.62. The lowest BCUT2D eigenvalue weighted by molar-refractivity contribution is 0.554. The topological polar surface area (TPSA) is 39.1 Å². The molecule has 0 N–H and O–H groups in total. The van der Waals surface area contributed by atoms with Gasteiger partial charge in [0.15, 0.2) is 0 Å². The molecule has 1 aromatic heterocycles. The lowest BCUT2D eigenvalue weighted by Gasteiger charge is -2.28. The average Bonchev–Trinajstić information content (AvgIpc) is 2.84. The lowest BCUT2D eigenvalue weighted by Crippen LogP contribution is -2.38. The van der Waals surface area contributed by atoms with Crippen LogP contribution in [0, 0.1) is 6.92 Å². The van der Waals surface area contributed by atoms with Crippen molar-refractivity contribution in [2.24, 2.45) is 0 Å². The van der Waals surface area contributed by atoms with E-state index in [4.69, 9.17) is 11.6 Å². The Morgan fingerprint density at radius 2 is 2.05 bits per heavy atom. The Balaban J connectivity index is 2.25. The number of benzene rings is 1. The van der Waals surface area contributed by atoms with Crippen molar-refractivity contribution in [3.05, 3.63) is 59.3 Å². The molecule has 5 heteroatoms. The van der Waals surface area contributed by atoms with Crippen LogP contribution in [0.5, 0.6) is 0 Å². The van der Waals surface area contributed by atoms with Gasteiger partial charge < -0.3 is 0 Å². The van der Waals surface area contributed by atoms with Gasteiger partial charge >= 0.3 is 0 Å². The summed E-state index contributed by atoms with van der Waals surface area (Å²) < 4.78 is 26.6. The first-order chi connectivity index (χ1) is 9.85. The third-order valence-corrected chi connectivity index (χ3v) is 6.49. The summed E-state index contributed by atoms with van der Waals surface area (Å²) in [6, 6.07) is 7.59. The molecular weight excluding hydrogens is 306 g/mol. The molecule has 0 radical (unpaired) electrons. The number of allylic oxidation sites excluding steroid dienone is 3. The van der Waals surface area contributed by atoms with E-state index in [-0.39, 0.29) is 0 Å². The fraction of sp³-hybridized carbons (Fsp3) is 0.250. The number of aryl methyl sites for hydroxylation is 1. The van der Waals surface area contributed by atoms with Crippen molar-refractivity contribution >= 4 is 32.5 Å². The van der Waals surface area contributed by atoms with Gasteiger partial charge in [0, 0.05) is 16.6 Å². The maximum Gasteiger partial charge on any atom is 0.248 e. The minimum absolute atomic E-state index is 0.414. The Morgan fingerprint density at radius 1 is 1.29 bits per heavy atom. The number of hydrogen-bond acceptors (Lipinski definition) is 2. The molecule has 3 rings (SSSR count). The summed E-state index contributed by atoms with van der Waals surface area (Å²) >= 11 is 6.02. The molecule has 2 aromatic rings. The Morgan fingerprint density at radius 3 is 2.76 bits per heavy atom. The second kappa shape index (κ2) is 4.75.